The molecule has 0 aliphatic carbocycles. The maximum Gasteiger partial charge on any atom is 0.134 e. The average molecular weight is 346 g/mol. The van der Waals surface area contributed by atoms with Crippen LogP contribution in [0.2, 0.25) is 0 Å². The van der Waals surface area contributed by atoms with Crippen LogP contribution in [-0.2, 0) is 6.54 Å². The van der Waals surface area contributed by atoms with Gasteiger partial charge >= 0.3 is 0 Å². The summed E-state index contributed by atoms with van der Waals surface area (Å²) in [5.41, 5.74) is 1.42. The molecule has 4 nitrogen and oxygen atoms in total. The van der Waals surface area contributed by atoms with Gasteiger partial charge in [-0.1, -0.05) is 12.1 Å². The molecule has 0 unspecified atom stereocenters. The molecule has 0 spiro atoms. The molecule has 0 amide bonds. The van der Waals surface area contributed by atoms with Gasteiger partial charge in [0.2, 0.25) is 0 Å². The van der Waals surface area contributed by atoms with Gasteiger partial charge < -0.3 is 19.7 Å². The summed E-state index contributed by atoms with van der Waals surface area (Å²) < 4.78 is 19.5. The minimum atomic E-state index is -0.209. The van der Waals surface area contributed by atoms with Crippen LogP contribution in [0.25, 0.3) is 11.3 Å². The highest BCUT2D eigenvalue weighted by Crippen LogP contribution is 2.26. The molecule has 0 radical (unpaired) electrons. The van der Waals surface area contributed by atoms with Crippen molar-refractivity contribution < 1.29 is 13.9 Å². The molecule has 0 bridgehead atoms. The van der Waals surface area contributed by atoms with Gasteiger partial charge in [0.15, 0.2) is 0 Å². The minimum absolute atomic E-state index is 0.107. The van der Waals surface area contributed by atoms with Gasteiger partial charge in [0.05, 0.1) is 12.6 Å². The number of likely N-dealkylation sites (tertiary alicyclic amines) is 1. The van der Waals surface area contributed by atoms with E-state index in [2.05, 4.69) is 10.2 Å². The summed E-state index contributed by atoms with van der Waals surface area (Å²) in [4.78, 5) is 2.41. The monoisotopic (exact) mass is 346 g/mol. The first-order valence-electron chi connectivity index (χ1n) is 9.09. The molecule has 2 aromatic rings. The van der Waals surface area contributed by atoms with E-state index < -0.39 is 0 Å². The highest BCUT2D eigenvalue weighted by molar-refractivity contribution is 5.62. The molecule has 2 heterocycles. The van der Waals surface area contributed by atoms with Gasteiger partial charge in [-0.2, -0.15) is 0 Å². The van der Waals surface area contributed by atoms with Crippen molar-refractivity contribution in [3.05, 3.63) is 47.5 Å². The van der Waals surface area contributed by atoms with E-state index in [-0.39, 0.29) is 11.9 Å². The molecule has 136 valence electrons. The maximum atomic E-state index is 13.7. The third kappa shape index (κ3) is 4.91. The van der Waals surface area contributed by atoms with Gasteiger partial charge in [-0.05, 0) is 63.0 Å². The third-order valence-corrected chi connectivity index (χ3v) is 4.88. The Labute approximate surface area is 148 Å². The Kier molecular flexibility index (Phi) is 6.24. The fourth-order valence-corrected chi connectivity index (χ4v) is 3.27. The van der Waals surface area contributed by atoms with E-state index in [1.165, 1.54) is 6.07 Å². The Morgan fingerprint density at radius 1 is 1.24 bits per heavy atom. The van der Waals surface area contributed by atoms with Crippen molar-refractivity contribution in [1.82, 2.24) is 10.2 Å². The lowest BCUT2D eigenvalue weighted by Gasteiger charge is -2.29. The smallest absolute Gasteiger partial charge is 0.134 e. The summed E-state index contributed by atoms with van der Waals surface area (Å²) in [5.74, 6) is 1.36. The first-order valence-corrected chi connectivity index (χ1v) is 9.09. The van der Waals surface area contributed by atoms with Crippen LogP contribution >= 0.6 is 0 Å². The molecular formula is C20H27FN2O2. The molecule has 1 aliphatic heterocycles. The van der Waals surface area contributed by atoms with Crippen molar-refractivity contribution in [3.8, 4) is 11.3 Å². The van der Waals surface area contributed by atoms with Crippen LogP contribution in [0, 0.1) is 12.7 Å². The highest BCUT2D eigenvalue weighted by atomic mass is 19.1. The zero-order chi connectivity index (χ0) is 17.6. The first kappa shape index (κ1) is 18.1. The molecule has 2 N–H and O–H groups in total. The number of aliphatic hydroxyl groups is 1. The number of piperidine rings is 1. The molecule has 3 rings (SSSR count). The first-order chi connectivity index (χ1) is 12.1. The molecule has 5 heteroatoms. The standard InChI is InChI=1S/C20H27FN2O2/c1-15-18(4-2-5-19(15)21)20-7-6-17(25-20)14-22-10-3-11-23-12-8-16(24)9-13-23/h2,4-7,16,22,24H,3,8-14H2,1H3. The molecule has 1 aliphatic rings. The van der Waals surface area contributed by atoms with Crippen molar-refractivity contribution in [1.29, 1.82) is 0 Å². The second-order valence-electron chi connectivity index (χ2n) is 6.78. The Morgan fingerprint density at radius 3 is 2.84 bits per heavy atom. The number of furan rings is 1. The van der Waals surface area contributed by atoms with Gasteiger partial charge in [0.25, 0.3) is 0 Å². The van der Waals surface area contributed by atoms with Gasteiger partial charge in [0.1, 0.15) is 17.3 Å². The Hall–Kier alpha value is -1.69. The van der Waals surface area contributed by atoms with Crippen LogP contribution in [0.5, 0.6) is 0 Å². The number of rotatable bonds is 7. The highest BCUT2D eigenvalue weighted by Gasteiger charge is 2.16. The second kappa shape index (κ2) is 8.61. The summed E-state index contributed by atoms with van der Waals surface area (Å²) in [6.07, 6.45) is 2.75. The molecule has 25 heavy (non-hydrogen) atoms. The Bertz CT molecular complexity index is 678. The predicted octanol–water partition coefficient (Wildman–Crippen LogP) is 3.33. The summed E-state index contributed by atoms with van der Waals surface area (Å²) in [6, 6.07) is 8.89. The van der Waals surface area contributed by atoms with Crippen molar-refractivity contribution in [3.63, 3.8) is 0 Å². The zero-order valence-electron chi connectivity index (χ0n) is 14.8. The normalized spacial score (nSPS) is 16.4. The summed E-state index contributed by atoms with van der Waals surface area (Å²) in [6.45, 7) is 6.42. The lowest BCUT2D eigenvalue weighted by molar-refractivity contribution is 0.0821. The van der Waals surface area contributed by atoms with Crippen molar-refractivity contribution in [2.45, 2.75) is 38.8 Å². The van der Waals surface area contributed by atoms with Crippen LogP contribution in [0.3, 0.4) is 0 Å². The molecule has 1 aromatic carbocycles. The van der Waals surface area contributed by atoms with E-state index in [0.717, 1.165) is 56.8 Å². The predicted molar refractivity (Wildman–Crippen MR) is 96.8 cm³/mol. The number of halogens is 1. The van der Waals surface area contributed by atoms with E-state index in [4.69, 9.17) is 4.42 Å². The fraction of sp³-hybridized carbons (Fsp3) is 0.500. The topological polar surface area (TPSA) is 48.6 Å². The average Bonchev–Trinajstić information content (AvgIpc) is 3.07. The number of nitrogens with one attached hydrogen (secondary N) is 1. The number of aliphatic hydroxyl groups excluding tert-OH is 1. The zero-order valence-corrected chi connectivity index (χ0v) is 14.8. The molecule has 1 saturated heterocycles. The van der Waals surface area contributed by atoms with Crippen LogP contribution in [-0.4, -0.2) is 42.3 Å². The van der Waals surface area contributed by atoms with E-state index in [0.29, 0.717) is 17.9 Å². The van der Waals surface area contributed by atoms with Crippen molar-refractivity contribution >= 4 is 0 Å². The minimum Gasteiger partial charge on any atom is -0.460 e. The van der Waals surface area contributed by atoms with Gasteiger partial charge in [-0.3, -0.25) is 0 Å². The number of hydrogen-bond donors (Lipinski definition) is 2. The number of nitrogens with zero attached hydrogens (tertiary/aromatic N) is 1. The number of hydrogen-bond acceptors (Lipinski definition) is 4. The summed E-state index contributed by atoms with van der Waals surface area (Å²) >= 11 is 0. The maximum absolute atomic E-state index is 13.7. The van der Waals surface area contributed by atoms with Crippen LogP contribution in [0.1, 0.15) is 30.6 Å². The van der Waals surface area contributed by atoms with Crippen LogP contribution in [0.4, 0.5) is 4.39 Å². The molecule has 0 atom stereocenters. The molecular weight excluding hydrogens is 319 g/mol. The van der Waals surface area contributed by atoms with E-state index in [1.54, 1.807) is 13.0 Å². The van der Waals surface area contributed by atoms with E-state index in [1.807, 2.05) is 18.2 Å². The number of benzene rings is 1. The van der Waals surface area contributed by atoms with Crippen LogP contribution < -0.4 is 5.32 Å². The largest absolute Gasteiger partial charge is 0.460 e. The lowest BCUT2D eigenvalue weighted by atomic mass is 10.1. The molecule has 0 saturated carbocycles. The Morgan fingerprint density at radius 2 is 2.04 bits per heavy atom. The quantitative estimate of drug-likeness (QED) is 0.755. The Balaban J connectivity index is 1.41. The third-order valence-electron chi connectivity index (χ3n) is 4.88. The van der Waals surface area contributed by atoms with Gasteiger partial charge in [-0.15, -0.1) is 0 Å². The van der Waals surface area contributed by atoms with Gasteiger partial charge in [0, 0.05) is 18.7 Å². The van der Waals surface area contributed by atoms with Crippen molar-refractivity contribution in [2.75, 3.05) is 26.2 Å². The van der Waals surface area contributed by atoms with Crippen molar-refractivity contribution in [2.24, 2.45) is 0 Å². The lowest BCUT2D eigenvalue weighted by Crippen LogP contribution is -2.37. The van der Waals surface area contributed by atoms with Gasteiger partial charge in [-0.25, -0.2) is 4.39 Å². The molecule has 1 aromatic heterocycles. The second-order valence-corrected chi connectivity index (χ2v) is 6.78. The van der Waals surface area contributed by atoms with Crippen LogP contribution in [0.15, 0.2) is 34.7 Å². The summed E-state index contributed by atoms with van der Waals surface area (Å²) in [7, 11) is 0. The fourth-order valence-electron chi connectivity index (χ4n) is 3.27. The van der Waals surface area contributed by atoms with E-state index in [9.17, 15) is 9.50 Å². The van der Waals surface area contributed by atoms with E-state index >= 15 is 0 Å². The summed E-state index contributed by atoms with van der Waals surface area (Å²) in [5, 5.41) is 12.9. The molecule has 1 fully saturated rings. The SMILES string of the molecule is Cc1c(F)cccc1-c1ccc(CNCCCN2CCC(O)CC2)o1.